The highest BCUT2D eigenvalue weighted by atomic mass is 19.1. The lowest BCUT2D eigenvalue weighted by atomic mass is 10.1. The molecule has 0 bridgehead atoms. The van der Waals surface area contributed by atoms with E-state index in [2.05, 4.69) is 10.4 Å². The summed E-state index contributed by atoms with van der Waals surface area (Å²) in [7, 11) is 0. The highest BCUT2D eigenvalue weighted by Gasteiger charge is 2.40. The van der Waals surface area contributed by atoms with Crippen LogP contribution in [0.4, 0.5) is 4.39 Å². The molecule has 2 aromatic rings. The van der Waals surface area contributed by atoms with Gasteiger partial charge in [-0.2, -0.15) is 5.10 Å². The molecule has 1 N–H and O–H groups in total. The molecule has 1 saturated carbocycles. The lowest BCUT2D eigenvalue weighted by Crippen LogP contribution is -2.28. The normalized spacial score (nSPS) is 23.4. The number of nitrogens with zero attached hydrogens (tertiary/aromatic N) is 2. The van der Waals surface area contributed by atoms with Crippen LogP contribution in [0.15, 0.2) is 30.5 Å². The van der Waals surface area contributed by atoms with E-state index in [4.69, 9.17) is 4.74 Å². The Balaban J connectivity index is 1.40. The van der Waals surface area contributed by atoms with E-state index in [-0.39, 0.29) is 23.7 Å². The fourth-order valence-electron chi connectivity index (χ4n) is 3.51. The molecular weight excluding hydrogens is 321 g/mol. The number of nitrogens with one attached hydrogen (secondary N) is 1. The van der Waals surface area contributed by atoms with Crippen molar-refractivity contribution in [2.45, 2.75) is 44.2 Å². The molecule has 25 heavy (non-hydrogen) atoms. The second kappa shape index (κ2) is 6.59. The maximum Gasteiger partial charge on any atom is 0.272 e. The number of rotatable bonds is 4. The van der Waals surface area contributed by atoms with Crippen molar-refractivity contribution in [3.05, 3.63) is 53.1 Å². The van der Waals surface area contributed by atoms with E-state index in [1.807, 2.05) is 17.8 Å². The highest BCUT2D eigenvalue weighted by molar-refractivity contribution is 5.94. The average molecular weight is 343 g/mol. The fraction of sp³-hybridized carbons (Fsp3) is 0.474. The number of halogens is 1. The van der Waals surface area contributed by atoms with E-state index < -0.39 is 0 Å². The van der Waals surface area contributed by atoms with Gasteiger partial charge in [-0.05, 0) is 43.9 Å². The minimum atomic E-state index is -0.237. The molecule has 1 aromatic heterocycles. The van der Waals surface area contributed by atoms with Crippen LogP contribution in [0.1, 0.15) is 52.8 Å². The Morgan fingerprint density at radius 1 is 1.28 bits per heavy atom. The minimum absolute atomic E-state index is 0.102. The van der Waals surface area contributed by atoms with Gasteiger partial charge >= 0.3 is 0 Å². The smallest absolute Gasteiger partial charge is 0.272 e. The molecule has 0 radical (unpaired) electrons. The van der Waals surface area contributed by atoms with Crippen LogP contribution < -0.4 is 5.32 Å². The molecule has 1 aliphatic heterocycles. The zero-order chi connectivity index (χ0) is 17.4. The Hall–Kier alpha value is -2.21. The molecule has 132 valence electrons. The number of amides is 1. The highest BCUT2D eigenvalue weighted by Crippen LogP contribution is 2.40. The van der Waals surface area contributed by atoms with Gasteiger partial charge in [0.25, 0.3) is 5.91 Å². The van der Waals surface area contributed by atoms with Crippen LogP contribution in [0.25, 0.3) is 0 Å². The maximum atomic E-state index is 13.0. The molecule has 0 spiro atoms. The third-order valence-corrected chi connectivity index (χ3v) is 5.10. The summed E-state index contributed by atoms with van der Waals surface area (Å²) in [5, 5.41) is 7.58. The predicted molar refractivity (Wildman–Crippen MR) is 91.1 cm³/mol. The van der Waals surface area contributed by atoms with Crippen molar-refractivity contribution >= 4 is 5.91 Å². The lowest BCUT2D eigenvalue weighted by Gasteiger charge is -2.22. The van der Waals surface area contributed by atoms with Gasteiger partial charge in [-0.1, -0.05) is 12.1 Å². The number of aromatic nitrogens is 2. The molecule has 5 nitrogen and oxygen atoms in total. The number of carbonyl (C=O) groups is 1. The summed E-state index contributed by atoms with van der Waals surface area (Å²) < 4.78 is 20.3. The van der Waals surface area contributed by atoms with Crippen molar-refractivity contribution in [2.24, 2.45) is 0 Å². The first-order chi connectivity index (χ1) is 12.1. The van der Waals surface area contributed by atoms with E-state index in [0.717, 1.165) is 43.6 Å². The topological polar surface area (TPSA) is 56.2 Å². The summed E-state index contributed by atoms with van der Waals surface area (Å²) in [6, 6.07) is 6.92. The first kappa shape index (κ1) is 16.3. The number of hydrogen-bond acceptors (Lipinski definition) is 3. The summed E-state index contributed by atoms with van der Waals surface area (Å²) in [6.45, 7) is 3.40. The third kappa shape index (κ3) is 3.44. The van der Waals surface area contributed by atoms with Gasteiger partial charge in [0, 0.05) is 36.9 Å². The van der Waals surface area contributed by atoms with Crippen molar-refractivity contribution < 1.29 is 13.9 Å². The molecule has 2 heterocycles. The van der Waals surface area contributed by atoms with E-state index in [1.165, 1.54) is 12.1 Å². The Labute approximate surface area is 146 Å². The first-order valence-corrected chi connectivity index (χ1v) is 8.81. The second-order valence-electron chi connectivity index (χ2n) is 6.96. The van der Waals surface area contributed by atoms with E-state index in [1.54, 1.807) is 12.1 Å². The van der Waals surface area contributed by atoms with Gasteiger partial charge in [0.15, 0.2) is 5.69 Å². The number of hydrogen-bond donors (Lipinski definition) is 1. The van der Waals surface area contributed by atoms with Gasteiger partial charge in [0.1, 0.15) is 5.82 Å². The number of aryl methyl sites for hydroxylation is 1. The van der Waals surface area contributed by atoms with Gasteiger partial charge < -0.3 is 10.1 Å². The molecule has 1 aliphatic carbocycles. The number of benzene rings is 1. The average Bonchev–Trinajstić information content (AvgIpc) is 3.27. The Morgan fingerprint density at radius 3 is 2.72 bits per heavy atom. The molecule has 2 aliphatic rings. The van der Waals surface area contributed by atoms with Crippen LogP contribution in [-0.4, -0.2) is 34.9 Å². The van der Waals surface area contributed by atoms with Crippen LogP contribution in [0.5, 0.6) is 0 Å². The summed E-state index contributed by atoms with van der Waals surface area (Å²) in [6.07, 6.45) is 4.70. The molecule has 4 rings (SSSR count). The quantitative estimate of drug-likeness (QED) is 0.928. The van der Waals surface area contributed by atoms with E-state index in [9.17, 15) is 9.18 Å². The third-order valence-electron chi connectivity index (χ3n) is 5.10. The van der Waals surface area contributed by atoms with Crippen molar-refractivity contribution in [3.63, 3.8) is 0 Å². The minimum Gasteiger partial charge on any atom is -0.381 e. The van der Waals surface area contributed by atoms with Crippen LogP contribution >= 0.6 is 0 Å². The molecule has 2 fully saturated rings. The van der Waals surface area contributed by atoms with E-state index >= 15 is 0 Å². The van der Waals surface area contributed by atoms with Crippen LogP contribution in [0.3, 0.4) is 0 Å². The molecule has 6 heteroatoms. The maximum absolute atomic E-state index is 13.0. The molecule has 1 aromatic carbocycles. The van der Waals surface area contributed by atoms with Gasteiger partial charge in [-0.15, -0.1) is 0 Å². The largest absolute Gasteiger partial charge is 0.381 e. The Morgan fingerprint density at radius 2 is 2.00 bits per heavy atom. The van der Waals surface area contributed by atoms with Gasteiger partial charge in [-0.3, -0.25) is 9.48 Å². The zero-order valence-electron chi connectivity index (χ0n) is 14.2. The SMILES string of the molecule is Cc1cn(C2CCOCC2)nc1C(=O)N[C@@H]1C[C@H]1c1ccc(F)cc1. The van der Waals surface area contributed by atoms with Crippen molar-refractivity contribution in [3.8, 4) is 0 Å². The van der Waals surface area contributed by atoms with Gasteiger partial charge in [0.05, 0.1) is 6.04 Å². The zero-order valence-corrected chi connectivity index (χ0v) is 14.2. The fourth-order valence-corrected chi connectivity index (χ4v) is 3.51. The predicted octanol–water partition coefficient (Wildman–Crippen LogP) is 2.97. The lowest BCUT2D eigenvalue weighted by molar-refractivity contribution is 0.0660. The number of ether oxygens (including phenoxy) is 1. The Kier molecular flexibility index (Phi) is 4.29. The molecule has 2 atom stereocenters. The summed E-state index contributed by atoms with van der Waals surface area (Å²) in [5.74, 6) is -0.0976. The summed E-state index contributed by atoms with van der Waals surface area (Å²) in [4.78, 5) is 12.6. The van der Waals surface area contributed by atoms with Crippen molar-refractivity contribution in [2.75, 3.05) is 13.2 Å². The van der Waals surface area contributed by atoms with Crippen molar-refractivity contribution in [1.29, 1.82) is 0 Å². The molecular formula is C19H22FN3O2. The van der Waals surface area contributed by atoms with Crippen LogP contribution in [-0.2, 0) is 4.74 Å². The summed E-state index contributed by atoms with van der Waals surface area (Å²) in [5.41, 5.74) is 2.45. The molecule has 1 amide bonds. The van der Waals surface area contributed by atoms with Crippen LogP contribution in [0, 0.1) is 12.7 Å². The van der Waals surface area contributed by atoms with Gasteiger partial charge in [-0.25, -0.2) is 4.39 Å². The van der Waals surface area contributed by atoms with Crippen LogP contribution in [0.2, 0.25) is 0 Å². The van der Waals surface area contributed by atoms with Gasteiger partial charge in [0.2, 0.25) is 0 Å². The molecule has 1 saturated heterocycles. The van der Waals surface area contributed by atoms with E-state index in [0.29, 0.717) is 11.7 Å². The number of carbonyl (C=O) groups excluding carboxylic acids is 1. The standard InChI is InChI=1S/C19H22FN3O2/c1-12-11-23(15-6-8-25-9-7-15)22-18(12)19(24)21-17-10-16(17)13-2-4-14(20)5-3-13/h2-5,11,15-17H,6-10H2,1H3,(H,21,24)/t16-,17+/m0/s1. The summed E-state index contributed by atoms with van der Waals surface area (Å²) >= 11 is 0. The first-order valence-electron chi connectivity index (χ1n) is 8.81. The monoisotopic (exact) mass is 343 g/mol. The Bertz CT molecular complexity index is 765. The second-order valence-corrected chi connectivity index (χ2v) is 6.96. The molecule has 0 unspecified atom stereocenters. The van der Waals surface area contributed by atoms with Crippen molar-refractivity contribution in [1.82, 2.24) is 15.1 Å².